The third-order valence-corrected chi connectivity index (χ3v) is 2.80. The summed E-state index contributed by atoms with van der Waals surface area (Å²) in [5.41, 5.74) is 0.173. The van der Waals surface area contributed by atoms with Gasteiger partial charge in [-0.3, -0.25) is 0 Å². The van der Waals surface area contributed by atoms with Crippen LogP contribution in [0.3, 0.4) is 0 Å². The van der Waals surface area contributed by atoms with Gasteiger partial charge in [-0.05, 0) is 24.3 Å². The molecule has 0 aliphatic heterocycles. The smallest absolute Gasteiger partial charge is 0.138 e. The van der Waals surface area contributed by atoms with E-state index in [1.807, 2.05) is 0 Å². The summed E-state index contributed by atoms with van der Waals surface area (Å²) in [5, 5.41) is 0. The Hall–Kier alpha value is -2.12. The molecular formula is C16H10ClF3O. The van der Waals surface area contributed by atoms with Crippen LogP contribution in [0.2, 0.25) is 0 Å². The molecule has 0 bridgehead atoms. The molecule has 0 saturated carbocycles. The first-order valence-corrected chi connectivity index (χ1v) is 6.55. The van der Waals surface area contributed by atoms with Crippen molar-refractivity contribution < 1.29 is 17.9 Å². The molecule has 2 aromatic rings. The fraction of sp³-hybridized carbons (Fsp3) is 0.125. The highest BCUT2D eigenvalue weighted by molar-refractivity contribution is 6.19. The van der Waals surface area contributed by atoms with Crippen molar-refractivity contribution in [3.63, 3.8) is 0 Å². The Balaban J connectivity index is 2.25. The molecule has 0 heterocycles. The maximum Gasteiger partial charge on any atom is 0.138 e. The van der Waals surface area contributed by atoms with Crippen LogP contribution in [0.15, 0.2) is 36.4 Å². The number of hydrogen-bond donors (Lipinski definition) is 0. The molecule has 108 valence electrons. The van der Waals surface area contributed by atoms with E-state index in [1.54, 1.807) is 0 Å². The second kappa shape index (κ2) is 7.05. The largest absolute Gasteiger partial charge is 0.487 e. The molecule has 21 heavy (non-hydrogen) atoms. The third-order valence-electron chi connectivity index (χ3n) is 2.67. The molecule has 0 spiro atoms. The van der Waals surface area contributed by atoms with Crippen LogP contribution in [-0.2, 0) is 6.61 Å². The lowest BCUT2D eigenvalue weighted by Crippen LogP contribution is -2.03. The van der Waals surface area contributed by atoms with E-state index in [4.69, 9.17) is 16.3 Å². The van der Waals surface area contributed by atoms with E-state index in [1.165, 1.54) is 18.2 Å². The molecule has 0 atom stereocenters. The lowest BCUT2D eigenvalue weighted by Gasteiger charge is -2.10. The minimum atomic E-state index is -0.722. The van der Waals surface area contributed by atoms with Crippen molar-refractivity contribution in [1.29, 1.82) is 0 Å². The topological polar surface area (TPSA) is 9.23 Å². The number of halogens is 4. The molecule has 0 aliphatic carbocycles. The van der Waals surface area contributed by atoms with Crippen LogP contribution in [0.25, 0.3) is 0 Å². The molecule has 2 rings (SSSR count). The van der Waals surface area contributed by atoms with Gasteiger partial charge in [0.1, 0.15) is 29.8 Å². The Kier molecular flexibility index (Phi) is 5.13. The quantitative estimate of drug-likeness (QED) is 0.607. The Morgan fingerprint density at radius 2 is 1.76 bits per heavy atom. The predicted octanol–water partition coefficient (Wildman–Crippen LogP) is 4.27. The van der Waals surface area contributed by atoms with E-state index >= 15 is 0 Å². The summed E-state index contributed by atoms with van der Waals surface area (Å²) in [7, 11) is 0. The molecule has 0 amide bonds. The molecule has 0 aliphatic rings. The monoisotopic (exact) mass is 310 g/mol. The first-order valence-electron chi connectivity index (χ1n) is 6.02. The molecule has 0 N–H and O–H groups in total. The van der Waals surface area contributed by atoms with Gasteiger partial charge >= 0.3 is 0 Å². The number of benzene rings is 2. The highest BCUT2D eigenvalue weighted by atomic mass is 35.5. The highest BCUT2D eigenvalue weighted by Gasteiger charge is 2.11. The van der Waals surface area contributed by atoms with Crippen molar-refractivity contribution in [3.05, 3.63) is 65.0 Å². The zero-order valence-electron chi connectivity index (χ0n) is 10.8. The normalized spacial score (nSPS) is 9.90. The van der Waals surface area contributed by atoms with Gasteiger partial charge < -0.3 is 4.74 Å². The van der Waals surface area contributed by atoms with Gasteiger partial charge in [0.2, 0.25) is 0 Å². The Morgan fingerprint density at radius 1 is 1.05 bits per heavy atom. The minimum Gasteiger partial charge on any atom is -0.487 e. The summed E-state index contributed by atoms with van der Waals surface area (Å²) < 4.78 is 45.5. The molecule has 2 aromatic carbocycles. The van der Waals surface area contributed by atoms with Crippen molar-refractivity contribution >= 4 is 11.6 Å². The van der Waals surface area contributed by atoms with E-state index in [9.17, 15) is 13.2 Å². The second-order valence-corrected chi connectivity index (χ2v) is 4.33. The number of ether oxygens (including phenoxy) is 1. The molecule has 0 unspecified atom stereocenters. The first kappa shape index (κ1) is 15.3. The van der Waals surface area contributed by atoms with E-state index in [0.29, 0.717) is 5.56 Å². The SMILES string of the molecule is Fc1ccc(C#CCCl)c(OCc2c(F)cccc2F)c1. The molecule has 0 aromatic heterocycles. The van der Waals surface area contributed by atoms with E-state index in [2.05, 4.69) is 11.8 Å². The highest BCUT2D eigenvalue weighted by Crippen LogP contribution is 2.22. The van der Waals surface area contributed by atoms with Gasteiger partial charge in [-0.15, -0.1) is 11.6 Å². The van der Waals surface area contributed by atoms with Gasteiger partial charge in [-0.2, -0.15) is 0 Å². The summed E-state index contributed by atoms with van der Waals surface area (Å²) in [6, 6.07) is 7.25. The van der Waals surface area contributed by atoms with E-state index in [-0.39, 0.29) is 23.8 Å². The maximum atomic E-state index is 13.5. The summed E-state index contributed by atoms with van der Waals surface area (Å²) in [6.45, 7) is -0.364. The van der Waals surface area contributed by atoms with Crippen molar-refractivity contribution in [3.8, 4) is 17.6 Å². The average molecular weight is 311 g/mol. The van der Waals surface area contributed by atoms with Gasteiger partial charge in [0.15, 0.2) is 0 Å². The Morgan fingerprint density at radius 3 is 2.43 bits per heavy atom. The summed E-state index contributed by atoms with van der Waals surface area (Å²) >= 11 is 5.46. The zero-order chi connectivity index (χ0) is 15.2. The van der Waals surface area contributed by atoms with Crippen molar-refractivity contribution in [1.82, 2.24) is 0 Å². The summed E-state index contributed by atoms with van der Waals surface area (Å²) in [6.07, 6.45) is 0. The minimum absolute atomic E-state index is 0.107. The molecular weight excluding hydrogens is 301 g/mol. The molecule has 5 heteroatoms. The number of alkyl halides is 1. The van der Waals surface area contributed by atoms with Gasteiger partial charge in [-0.1, -0.05) is 17.9 Å². The van der Waals surface area contributed by atoms with E-state index < -0.39 is 17.5 Å². The first-order chi connectivity index (χ1) is 10.1. The standard InChI is InChI=1S/C16H10ClF3O/c17-8-2-3-11-6-7-12(18)9-16(11)21-10-13-14(19)4-1-5-15(13)20/h1,4-7,9H,8,10H2. The Bertz CT molecular complexity index is 684. The van der Waals surface area contributed by atoms with Crippen LogP contribution in [-0.4, -0.2) is 5.88 Å². The molecule has 0 radical (unpaired) electrons. The molecule has 1 nitrogen and oxygen atoms in total. The third kappa shape index (κ3) is 3.93. The summed E-state index contributed by atoms with van der Waals surface area (Å²) in [4.78, 5) is 0. The lowest BCUT2D eigenvalue weighted by molar-refractivity contribution is 0.290. The van der Waals surface area contributed by atoms with Crippen molar-refractivity contribution in [2.45, 2.75) is 6.61 Å². The number of hydrogen-bond acceptors (Lipinski definition) is 1. The average Bonchev–Trinajstić information content (AvgIpc) is 2.46. The number of rotatable bonds is 3. The summed E-state index contributed by atoms with van der Waals surface area (Å²) in [5.74, 6) is 3.54. The van der Waals surface area contributed by atoms with Gasteiger partial charge in [-0.25, -0.2) is 13.2 Å². The fourth-order valence-electron chi connectivity index (χ4n) is 1.67. The van der Waals surface area contributed by atoms with Crippen molar-refractivity contribution in [2.24, 2.45) is 0 Å². The van der Waals surface area contributed by atoms with Crippen LogP contribution in [0.4, 0.5) is 13.2 Å². The maximum absolute atomic E-state index is 13.5. The predicted molar refractivity (Wildman–Crippen MR) is 74.7 cm³/mol. The molecule has 0 fully saturated rings. The van der Waals surface area contributed by atoms with E-state index in [0.717, 1.165) is 18.2 Å². The van der Waals surface area contributed by atoms with Crippen LogP contribution in [0.1, 0.15) is 11.1 Å². The second-order valence-electron chi connectivity index (χ2n) is 4.06. The van der Waals surface area contributed by atoms with Crippen LogP contribution < -0.4 is 4.74 Å². The fourth-order valence-corrected chi connectivity index (χ4v) is 1.73. The van der Waals surface area contributed by atoms with Gasteiger partial charge in [0, 0.05) is 6.07 Å². The van der Waals surface area contributed by atoms with Crippen molar-refractivity contribution in [2.75, 3.05) is 5.88 Å². The van der Waals surface area contributed by atoms with Crippen LogP contribution >= 0.6 is 11.6 Å². The van der Waals surface area contributed by atoms with Crippen LogP contribution in [0.5, 0.6) is 5.75 Å². The van der Waals surface area contributed by atoms with Gasteiger partial charge in [0.05, 0.1) is 17.0 Å². The Labute approximate surface area is 125 Å². The zero-order valence-corrected chi connectivity index (χ0v) is 11.6. The van der Waals surface area contributed by atoms with Crippen LogP contribution in [0, 0.1) is 29.3 Å². The molecule has 0 saturated heterocycles. The lowest BCUT2D eigenvalue weighted by atomic mass is 10.2. The van der Waals surface area contributed by atoms with Gasteiger partial charge in [0.25, 0.3) is 0 Å².